The molecular weight excluding hydrogens is 588 g/mol. The minimum atomic E-state index is -1.57. The van der Waals surface area contributed by atoms with Crippen LogP contribution in [0.15, 0.2) is 67.0 Å². The van der Waals surface area contributed by atoms with Crippen molar-refractivity contribution in [3.8, 4) is 46.3 Å². The molecule has 0 saturated heterocycles. The second-order valence-electron chi connectivity index (χ2n) is 11.0. The first-order chi connectivity index (χ1) is 22.2. The van der Waals surface area contributed by atoms with E-state index in [1.54, 1.807) is 18.3 Å². The molecule has 234 valence electrons. The summed E-state index contributed by atoms with van der Waals surface area (Å²) >= 11 is 0. The highest BCUT2D eigenvalue weighted by Gasteiger charge is 2.32. The molecule has 5 rings (SSSR count). The van der Waals surface area contributed by atoms with Gasteiger partial charge in [0.2, 0.25) is 0 Å². The van der Waals surface area contributed by atoms with E-state index in [2.05, 4.69) is 22.4 Å². The summed E-state index contributed by atoms with van der Waals surface area (Å²) in [5.74, 6) is 1.01. The van der Waals surface area contributed by atoms with Gasteiger partial charge in [-0.1, -0.05) is 24.3 Å². The van der Waals surface area contributed by atoms with E-state index in [-0.39, 0.29) is 19.8 Å². The van der Waals surface area contributed by atoms with Gasteiger partial charge >= 0.3 is 5.97 Å². The third-order valence-corrected chi connectivity index (χ3v) is 7.63. The Hall–Kier alpha value is -5.62. The number of nitriles is 2. The molecule has 3 N–H and O–H groups in total. The van der Waals surface area contributed by atoms with Crippen LogP contribution in [-0.2, 0) is 24.6 Å². The molecule has 11 nitrogen and oxygen atoms in total. The number of aliphatic carboxylic acids is 1. The number of aromatic nitrogens is 1. The van der Waals surface area contributed by atoms with Gasteiger partial charge < -0.3 is 29.2 Å². The largest absolute Gasteiger partial charge is 0.488 e. The maximum atomic E-state index is 11.8. The van der Waals surface area contributed by atoms with Crippen LogP contribution < -0.4 is 24.3 Å². The minimum Gasteiger partial charge on any atom is -0.488 e. The summed E-state index contributed by atoms with van der Waals surface area (Å²) in [6.45, 7) is 3.83. The van der Waals surface area contributed by atoms with Crippen LogP contribution in [-0.4, -0.2) is 46.5 Å². The number of aryl methyl sites for hydroxylation is 1. The average molecular weight is 621 g/mol. The van der Waals surface area contributed by atoms with Crippen LogP contribution in [0.2, 0.25) is 0 Å². The topological polar surface area (TPSA) is 167 Å². The van der Waals surface area contributed by atoms with Gasteiger partial charge in [0, 0.05) is 41.7 Å². The van der Waals surface area contributed by atoms with Gasteiger partial charge in [-0.25, -0.2) is 0 Å². The SMILES string of the molecule is Cc1cc(CN[C@](C)(CO)C(=O)O)c(OCc2cncc(C#N)c2)cc1OCc1cccc(-c2ccc3c(c2)OCCO3)c1C#N. The average Bonchev–Trinajstić information content (AvgIpc) is 3.09. The van der Waals surface area contributed by atoms with E-state index >= 15 is 0 Å². The van der Waals surface area contributed by atoms with Crippen LogP contribution >= 0.6 is 0 Å². The summed E-state index contributed by atoms with van der Waals surface area (Å²) in [5, 5.41) is 41.6. The van der Waals surface area contributed by atoms with E-state index in [9.17, 15) is 25.5 Å². The summed E-state index contributed by atoms with van der Waals surface area (Å²) in [5.41, 5.74) is 3.58. The number of aliphatic hydroxyl groups is 1. The van der Waals surface area contributed by atoms with Crippen molar-refractivity contribution in [1.82, 2.24) is 10.3 Å². The summed E-state index contributed by atoms with van der Waals surface area (Å²) in [7, 11) is 0. The van der Waals surface area contributed by atoms with Crippen molar-refractivity contribution >= 4 is 5.97 Å². The van der Waals surface area contributed by atoms with Crippen LogP contribution in [0.3, 0.4) is 0 Å². The summed E-state index contributed by atoms with van der Waals surface area (Å²) in [6, 6.07) is 20.7. The fourth-order valence-corrected chi connectivity index (χ4v) is 4.89. The number of hydrogen-bond acceptors (Lipinski definition) is 10. The zero-order chi connectivity index (χ0) is 32.7. The van der Waals surface area contributed by atoms with E-state index in [1.165, 1.54) is 13.1 Å². The number of hydrogen-bond donors (Lipinski definition) is 3. The molecule has 2 heterocycles. The lowest BCUT2D eigenvalue weighted by Gasteiger charge is -2.25. The van der Waals surface area contributed by atoms with E-state index in [4.69, 9.17) is 18.9 Å². The van der Waals surface area contributed by atoms with Crippen LogP contribution in [0.5, 0.6) is 23.0 Å². The highest BCUT2D eigenvalue weighted by atomic mass is 16.6. The van der Waals surface area contributed by atoms with E-state index in [0.717, 1.165) is 16.7 Å². The first kappa shape index (κ1) is 31.8. The maximum Gasteiger partial charge on any atom is 0.326 e. The van der Waals surface area contributed by atoms with E-state index < -0.39 is 18.1 Å². The molecule has 0 amide bonds. The lowest BCUT2D eigenvalue weighted by Crippen LogP contribution is -2.52. The third kappa shape index (κ3) is 7.02. The molecule has 0 spiro atoms. The molecule has 0 aliphatic carbocycles. The van der Waals surface area contributed by atoms with Crippen molar-refractivity contribution in [2.75, 3.05) is 19.8 Å². The molecule has 1 aliphatic rings. The van der Waals surface area contributed by atoms with E-state index in [1.807, 2.05) is 49.4 Å². The molecule has 1 atom stereocenters. The van der Waals surface area contributed by atoms with E-state index in [0.29, 0.717) is 64.0 Å². The summed E-state index contributed by atoms with van der Waals surface area (Å²) < 4.78 is 23.8. The van der Waals surface area contributed by atoms with Crippen LogP contribution in [0.4, 0.5) is 0 Å². The van der Waals surface area contributed by atoms with Gasteiger partial charge in [-0.2, -0.15) is 10.5 Å². The van der Waals surface area contributed by atoms with Crippen molar-refractivity contribution < 1.29 is 34.0 Å². The first-order valence-corrected chi connectivity index (χ1v) is 14.5. The number of aliphatic hydroxyl groups excluding tert-OH is 1. The normalized spacial score (nSPS) is 13.2. The number of benzene rings is 3. The number of nitrogens with zero attached hydrogens (tertiary/aromatic N) is 3. The molecular formula is C35H32N4O7. The number of fused-ring (bicyclic) bond motifs is 1. The lowest BCUT2D eigenvalue weighted by atomic mass is 9.96. The molecule has 46 heavy (non-hydrogen) atoms. The number of ether oxygens (including phenoxy) is 4. The molecule has 0 bridgehead atoms. The van der Waals surface area contributed by atoms with Crippen LogP contribution in [0, 0.1) is 29.6 Å². The zero-order valence-electron chi connectivity index (χ0n) is 25.4. The van der Waals surface area contributed by atoms with Gasteiger partial charge in [0.1, 0.15) is 55.6 Å². The summed E-state index contributed by atoms with van der Waals surface area (Å²) in [6.07, 6.45) is 3.05. The molecule has 0 fully saturated rings. The molecule has 0 radical (unpaired) electrons. The van der Waals surface area contributed by atoms with Crippen molar-refractivity contribution in [3.63, 3.8) is 0 Å². The number of carbonyl (C=O) groups is 1. The Morgan fingerprint density at radius 3 is 2.50 bits per heavy atom. The van der Waals surface area contributed by atoms with Gasteiger partial charge in [0.15, 0.2) is 11.5 Å². The van der Waals surface area contributed by atoms with Crippen LogP contribution in [0.25, 0.3) is 11.1 Å². The first-order valence-electron chi connectivity index (χ1n) is 14.5. The Morgan fingerprint density at radius 1 is 0.978 bits per heavy atom. The van der Waals surface area contributed by atoms with Crippen molar-refractivity contribution in [1.29, 1.82) is 10.5 Å². The minimum absolute atomic E-state index is 0.0758. The Morgan fingerprint density at radius 2 is 1.76 bits per heavy atom. The quantitative estimate of drug-likeness (QED) is 0.202. The second-order valence-corrected chi connectivity index (χ2v) is 11.0. The predicted molar refractivity (Wildman–Crippen MR) is 166 cm³/mol. The molecule has 4 aromatic rings. The van der Waals surface area contributed by atoms with Gasteiger partial charge in [-0.3, -0.25) is 15.1 Å². The van der Waals surface area contributed by atoms with Crippen LogP contribution in [0.1, 0.15) is 40.3 Å². The number of pyridine rings is 1. The van der Waals surface area contributed by atoms with Gasteiger partial charge in [-0.15, -0.1) is 0 Å². The third-order valence-electron chi connectivity index (χ3n) is 7.63. The van der Waals surface area contributed by atoms with Gasteiger partial charge in [0.05, 0.1) is 17.7 Å². The molecule has 1 aromatic heterocycles. The molecule has 0 saturated carbocycles. The smallest absolute Gasteiger partial charge is 0.326 e. The standard InChI is InChI=1S/C35H32N4O7/c1-22-10-27(18-39-35(2,21-40)34(41)42)32(45-19-24-11-23(14-36)16-38-17-24)13-31(22)46-20-26-4-3-5-28(29(26)15-37)25-6-7-30-33(12-25)44-9-8-43-30/h3-7,10-13,16-17,39-40H,8-9,18-21H2,1-2H3,(H,41,42)/t35-/m1/s1. The highest BCUT2D eigenvalue weighted by molar-refractivity contribution is 5.78. The maximum absolute atomic E-state index is 11.8. The predicted octanol–water partition coefficient (Wildman–Crippen LogP) is 4.65. The Kier molecular flexibility index (Phi) is 9.67. The molecule has 3 aromatic carbocycles. The molecule has 0 unspecified atom stereocenters. The monoisotopic (exact) mass is 620 g/mol. The Bertz CT molecular complexity index is 1850. The van der Waals surface area contributed by atoms with Crippen molar-refractivity contribution in [3.05, 3.63) is 100 Å². The van der Waals surface area contributed by atoms with Gasteiger partial charge in [-0.05, 0) is 54.8 Å². The lowest BCUT2D eigenvalue weighted by molar-refractivity contribution is -0.145. The number of rotatable bonds is 12. The second kappa shape index (κ2) is 14.0. The Balaban J connectivity index is 1.41. The zero-order valence-corrected chi connectivity index (χ0v) is 25.4. The number of carboxylic acid groups (broad SMARTS) is 1. The number of nitrogens with one attached hydrogen (secondary N) is 1. The number of carboxylic acids is 1. The molecule has 11 heteroatoms. The Labute approximate surface area is 266 Å². The fraction of sp³-hybridized carbons (Fsp3) is 0.257. The summed E-state index contributed by atoms with van der Waals surface area (Å²) in [4.78, 5) is 15.8. The highest BCUT2D eigenvalue weighted by Crippen LogP contribution is 2.37. The fourth-order valence-electron chi connectivity index (χ4n) is 4.89. The van der Waals surface area contributed by atoms with Crippen molar-refractivity contribution in [2.45, 2.75) is 39.1 Å². The van der Waals surface area contributed by atoms with Gasteiger partial charge in [0.25, 0.3) is 0 Å². The molecule has 1 aliphatic heterocycles. The van der Waals surface area contributed by atoms with Crippen molar-refractivity contribution in [2.24, 2.45) is 0 Å².